The maximum Gasteiger partial charge on any atom is 0.262 e. The molecule has 0 unspecified atom stereocenters. The SMILES string of the molecule is COc1cc(N)ccc1-c1nc(-c2cn[nH]n2)no1. The molecule has 0 aliphatic heterocycles. The van der Waals surface area contributed by atoms with Gasteiger partial charge in [0.15, 0.2) is 5.69 Å². The molecule has 96 valence electrons. The number of nitrogen functional groups attached to an aromatic ring is 1. The number of aromatic nitrogens is 5. The maximum atomic E-state index is 5.69. The van der Waals surface area contributed by atoms with Crippen molar-refractivity contribution in [3.63, 3.8) is 0 Å². The summed E-state index contributed by atoms with van der Waals surface area (Å²) in [4.78, 5) is 4.24. The highest BCUT2D eigenvalue weighted by Gasteiger charge is 2.16. The van der Waals surface area contributed by atoms with Crippen molar-refractivity contribution in [2.24, 2.45) is 0 Å². The van der Waals surface area contributed by atoms with Crippen LogP contribution in [0.3, 0.4) is 0 Å². The number of hydrogen-bond donors (Lipinski definition) is 2. The van der Waals surface area contributed by atoms with Crippen LogP contribution >= 0.6 is 0 Å². The molecule has 0 saturated heterocycles. The van der Waals surface area contributed by atoms with Crippen molar-refractivity contribution in [1.82, 2.24) is 25.6 Å². The fourth-order valence-electron chi connectivity index (χ4n) is 1.63. The molecular weight excluding hydrogens is 248 g/mol. The summed E-state index contributed by atoms with van der Waals surface area (Å²) >= 11 is 0. The van der Waals surface area contributed by atoms with Crippen LogP contribution in [0.2, 0.25) is 0 Å². The van der Waals surface area contributed by atoms with E-state index < -0.39 is 0 Å². The average molecular weight is 258 g/mol. The fraction of sp³-hybridized carbons (Fsp3) is 0.0909. The Morgan fingerprint density at radius 2 is 2.26 bits per heavy atom. The lowest BCUT2D eigenvalue weighted by Crippen LogP contribution is -1.91. The van der Waals surface area contributed by atoms with E-state index in [1.165, 1.54) is 6.20 Å². The Morgan fingerprint density at radius 3 is 3.00 bits per heavy atom. The van der Waals surface area contributed by atoms with Gasteiger partial charge < -0.3 is 15.0 Å². The first kappa shape index (κ1) is 11.2. The van der Waals surface area contributed by atoms with E-state index in [0.29, 0.717) is 34.4 Å². The number of methoxy groups -OCH3 is 1. The first-order valence-electron chi connectivity index (χ1n) is 5.41. The largest absolute Gasteiger partial charge is 0.496 e. The fourth-order valence-corrected chi connectivity index (χ4v) is 1.63. The van der Waals surface area contributed by atoms with Crippen LogP contribution in [0.25, 0.3) is 23.0 Å². The van der Waals surface area contributed by atoms with Gasteiger partial charge in [-0.05, 0) is 12.1 Å². The van der Waals surface area contributed by atoms with E-state index in [1.807, 2.05) is 0 Å². The van der Waals surface area contributed by atoms with E-state index in [-0.39, 0.29) is 0 Å². The van der Waals surface area contributed by atoms with Gasteiger partial charge in [0.2, 0.25) is 5.82 Å². The van der Waals surface area contributed by atoms with Gasteiger partial charge >= 0.3 is 0 Å². The van der Waals surface area contributed by atoms with Gasteiger partial charge in [-0.1, -0.05) is 5.16 Å². The van der Waals surface area contributed by atoms with E-state index in [1.54, 1.807) is 25.3 Å². The Kier molecular flexibility index (Phi) is 2.60. The molecule has 3 rings (SSSR count). The zero-order chi connectivity index (χ0) is 13.2. The Morgan fingerprint density at radius 1 is 1.37 bits per heavy atom. The lowest BCUT2D eigenvalue weighted by atomic mass is 10.2. The second-order valence-corrected chi connectivity index (χ2v) is 3.74. The molecule has 0 atom stereocenters. The smallest absolute Gasteiger partial charge is 0.262 e. The Bertz CT molecular complexity index is 691. The van der Waals surface area contributed by atoms with Crippen molar-refractivity contribution >= 4 is 5.69 Å². The lowest BCUT2D eigenvalue weighted by Gasteiger charge is -2.05. The summed E-state index contributed by atoms with van der Waals surface area (Å²) < 4.78 is 10.4. The van der Waals surface area contributed by atoms with Crippen molar-refractivity contribution in [3.8, 4) is 28.7 Å². The van der Waals surface area contributed by atoms with Gasteiger partial charge in [-0.2, -0.15) is 20.4 Å². The van der Waals surface area contributed by atoms with Gasteiger partial charge in [-0.15, -0.1) is 0 Å². The Hall–Kier alpha value is -2.90. The molecule has 0 aliphatic carbocycles. The van der Waals surface area contributed by atoms with Gasteiger partial charge in [-0.3, -0.25) is 0 Å². The number of nitrogens with two attached hydrogens (primary N) is 1. The van der Waals surface area contributed by atoms with Crippen molar-refractivity contribution in [1.29, 1.82) is 0 Å². The normalized spacial score (nSPS) is 10.6. The summed E-state index contributed by atoms with van der Waals surface area (Å²) in [7, 11) is 1.55. The molecule has 0 aliphatic rings. The third-order valence-electron chi connectivity index (χ3n) is 2.53. The Balaban J connectivity index is 2.03. The van der Waals surface area contributed by atoms with Gasteiger partial charge in [0.25, 0.3) is 5.89 Å². The van der Waals surface area contributed by atoms with E-state index in [4.69, 9.17) is 15.0 Å². The topological polar surface area (TPSA) is 116 Å². The highest BCUT2D eigenvalue weighted by atomic mass is 16.5. The summed E-state index contributed by atoms with van der Waals surface area (Å²) in [5, 5.41) is 13.9. The molecule has 2 aromatic heterocycles. The van der Waals surface area contributed by atoms with Crippen LogP contribution in [0.4, 0.5) is 5.69 Å². The first-order chi connectivity index (χ1) is 9.28. The Labute approximate surface area is 107 Å². The van der Waals surface area contributed by atoms with Crippen molar-refractivity contribution in [2.45, 2.75) is 0 Å². The third-order valence-corrected chi connectivity index (χ3v) is 2.53. The minimum Gasteiger partial charge on any atom is -0.496 e. The molecule has 1 aromatic carbocycles. The molecule has 8 nitrogen and oxygen atoms in total. The second-order valence-electron chi connectivity index (χ2n) is 3.74. The highest BCUT2D eigenvalue weighted by molar-refractivity contribution is 5.67. The van der Waals surface area contributed by atoms with Gasteiger partial charge in [0, 0.05) is 11.8 Å². The molecule has 0 fully saturated rings. The van der Waals surface area contributed by atoms with Crippen LogP contribution in [0.15, 0.2) is 28.9 Å². The van der Waals surface area contributed by atoms with E-state index >= 15 is 0 Å². The predicted octanol–water partition coefficient (Wildman–Crippen LogP) is 1.11. The van der Waals surface area contributed by atoms with Crippen molar-refractivity contribution in [3.05, 3.63) is 24.4 Å². The summed E-state index contributed by atoms with van der Waals surface area (Å²) in [6.45, 7) is 0. The number of nitrogens with one attached hydrogen (secondary N) is 1. The molecule has 19 heavy (non-hydrogen) atoms. The van der Waals surface area contributed by atoms with Gasteiger partial charge in [0.1, 0.15) is 5.75 Å². The number of H-pyrrole nitrogens is 1. The molecule has 0 bridgehead atoms. The molecule has 8 heteroatoms. The van der Waals surface area contributed by atoms with Crippen LogP contribution in [0.1, 0.15) is 0 Å². The number of hydrogen-bond acceptors (Lipinski definition) is 7. The molecular formula is C11H10N6O2. The monoisotopic (exact) mass is 258 g/mol. The molecule has 0 saturated carbocycles. The van der Waals surface area contributed by atoms with Gasteiger partial charge in [-0.25, -0.2) is 0 Å². The van der Waals surface area contributed by atoms with E-state index in [0.717, 1.165) is 0 Å². The minimum atomic E-state index is 0.329. The first-order valence-corrected chi connectivity index (χ1v) is 5.41. The minimum absolute atomic E-state index is 0.329. The van der Waals surface area contributed by atoms with Crippen molar-refractivity contribution < 1.29 is 9.26 Å². The van der Waals surface area contributed by atoms with Gasteiger partial charge in [0.05, 0.1) is 18.9 Å². The number of nitrogens with zero attached hydrogens (tertiary/aromatic N) is 4. The average Bonchev–Trinajstić information content (AvgIpc) is 3.09. The number of ether oxygens (including phenoxy) is 1. The number of anilines is 1. The quantitative estimate of drug-likeness (QED) is 0.676. The number of benzene rings is 1. The highest BCUT2D eigenvalue weighted by Crippen LogP contribution is 2.31. The summed E-state index contributed by atoms with van der Waals surface area (Å²) in [5.41, 5.74) is 7.46. The second kappa shape index (κ2) is 4.41. The predicted molar refractivity (Wildman–Crippen MR) is 66.1 cm³/mol. The van der Waals surface area contributed by atoms with Crippen LogP contribution < -0.4 is 10.5 Å². The summed E-state index contributed by atoms with van der Waals surface area (Å²) in [5.74, 6) is 1.24. The summed E-state index contributed by atoms with van der Waals surface area (Å²) in [6, 6.07) is 5.18. The number of aromatic amines is 1. The zero-order valence-corrected chi connectivity index (χ0v) is 9.99. The zero-order valence-electron chi connectivity index (χ0n) is 9.99. The standard InChI is InChI=1S/C11H10N6O2/c1-18-9-4-6(12)2-3-7(9)11-14-10(16-19-11)8-5-13-17-15-8/h2-5H,12H2,1H3,(H,13,15,17). The molecule has 3 aromatic rings. The molecule has 0 amide bonds. The van der Waals surface area contributed by atoms with E-state index in [9.17, 15) is 0 Å². The summed E-state index contributed by atoms with van der Waals surface area (Å²) in [6.07, 6.45) is 1.51. The molecule has 0 radical (unpaired) electrons. The van der Waals surface area contributed by atoms with Crippen LogP contribution in [0, 0.1) is 0 Å². The van der Waals surface area contributed by atoms with E-state index in [2.05, 4.69) is 25.6 Å². The van der Waals surface area contributed by atoms with Crippen LogP contribution in [-0.2, 0) is 0 Å². The molecule has 2 heterocycles. The number of rotatable bonds is 3. The van der Waals surface area contributed by atoms with Crippen molar-refractivity contribution in [2.75, 3.05) is 12.8 Å². The lowest BCUT2D eigenvalue weighted by molar-refractivity contribution is 0.405. The van der Waals surface area contributed by atoms with Crippen LogP contribution in [-0.4, -0.2) is 32.7 Å². The maximum absolute atomic E-state index is 5.69. The molecule has 0 spiro atoms. The third kappa shape index (κ3) is 1.99. The molecule has 3 N–H and O–H groups in total. The van der Waals surface area contributed by atoms with Crippen LogP contribution in [0.5, 0.6) is 5.75 Å².